The Morgan fingerprint density at radius 1 is 0.745 bits per heavy atom. The zero-order chi connectivity index (χ0) is 33.0. The van der Waals surface area contributed by atoms with Gasteiger partial charge in [-0.25, -0.2) is 4.98 Å². The van der Waals surface area contributed by atoms with Gasteiger partial charge in [-0.1, -0.05) is 111 Å². The van der Waals surface area contributed by atoms with Gasteiger partial charge in [-0.3, -0.25) is 0 Å². The Balaban J connectivity index is 0.000000291. The normalized spacial score (nSPS) is 11.6. The van der Waals surface area contributed by atoms with E-state index in [4.69, 9.17) is 15.8 Å². The van der Waals surface area contributed by atoms with Crippen molar-refractivity contribution in [2.24, 2.45) is 0 Å². The number of rotatable bonds is 6. The van der Waals surface area contributed by atoms with Gasteiger partial charge in [-0.2, -0.15) is 0 Å². The molecule has 237 valence electrons. The summed E-state index contributed by atoms with van der Waals surface area (Å²) in [4.78, 5) is 13.9. The van der Waals surface area contributed by atoms with Crippen LogP contribution in [0.1, 0.15) is 26.7 Å². The van der Waals surface area contributed by atoms with Crippen molar-refractivity contribution in [2.45, 2.75) is 39.4 Å². The van der Waals surface area contributed by atoms with E-state index >= 15 is 0 Å². The van der Waals surface area contributed by atoms with E-state index in [0.29, 0.717) is 17.0 Å². The van der Waals surface area contributed by atoms with Gasteiger partial charge in [-0.15, -0.1) is 53.6 Å². The second-order valence-electron chi connectivity index (χ2n) is 12.4. The summed E-state index contributed by atoms with van der Waals surface area (Å²) in [5, 5.41) is 1.22. The van der Waals surface area contributed by atoms with Crippen molar-refractivity contribution in [1.82, 2.24) is 15.0 Å². The van der Waals surface area contributed by atoms with E-state index in [0.717, 1.165) is 44.8 Å². The average Bonchev–Trinajstić information content (AvgIpc) is 3.53. The Hall–Kier alpha value is -4.48. The second kappa shape index (κ2) is 15.0. The van der Waals surface area contributed by atoms with Gasteiger partial charge in [0, 0.05) is 44.9 Å². The zero-order valence-corrected chi connectivity index (χ0v) is 30.6. The van der Waals surface area contributed by atoms with Crippen LogP contribution >= 0.6 is 0 Å². The molecule has 0 atom stereocenters. The molecule has 0 amide bonds. The first-order valence-electron chi connectivity index (χ1n) is 15.9. The average molecular weight is 809 g/mol. The van der Waals surface area contributed by atoms with E-state index in [1.165, 1.54) is 5.19 Å². The fourth-order valence-electron chi connectivity index (χ4n) is 5.32. The fraction of sp³-hybridized carbons (Fsp3) is 0.146. The number of oxazole rings is 1. The second-order valence-corrected chi connectivity index (χ2v) is 17.4. The Bertz CT molecular complexity index is 2050. The number of nitrogens with zero attached hydrogens (tertiary/aromatic N) is 3. The van der Waals surface area contributed by atoms with E-state index in [-0.39, 0.29) is 20.1 Å². The molecule has 0 aliphatic rings. The fourth-order valence-corrected chi connectivity index (χ4v) is 6.91. The van der Waals surface area contributed by atoms with Gasteiger partial charge >= 0.3 is 0 Å². The van der Waals surface area contributed by atoms with Gasteiger partial charge in [0.25, 0.3) is 0 Å². The van der Waals surface area contributed by atoms with Crippen LogP contribution in [0.2, 0.25) is 19.6 Å². The minimum absolute atomic E-state index is 0. The molecule has 7 aromatic rings. The summed E-state index contributed by atoms with van der Waals surface area (Å²) in [6, 6.07) is 44.5. The maximum Gasteiger partial charge on any atom is 0.216 e. The maximum absolute atomic E-state index is 8.82. The van der Waals surface area contributed by atoms with Crippen molar-refractivity contribution in [2.75, 3.05) is 0 Å². The number of benzene rings is 4. The Morgan fingerprint density at radius 2 is 1.43 bits per heavy atom. The van der Waals surface area contributed by atoms with Crippen molar-refractivity contribution in [3.63, 3.8) is 0 Å². The van der Waals surface area contributed by atoms with Crippen LogP contribution in [0.15, 0.2) is 132 Å². The molecule has 0 saturated heterocycles. The van der Waals surface area contributed by atoms with Crippen LogP contribution in [0.3, 0.4) is 0 Å². The molecule has 0 N–H and O–H groups in total. The molecule has 4 nitrogen and oxygen atoms in total. The molecule has 1 radical (unpaired) electrons. The quantitative estimate of drug-likeness (QED) is 0.124. The predicted molar refractivity (Wildman–Crippen MR) is 193 cm³/mol. The van der Waals surface area contributed by atoms with Gasteiger partial charge in [0.05, 0.1) is 13.7 Å². The number of fused-ring (bicyclic) bond motifs is 1. The molecule has 47 heavy (non-hydrogen) atoms. The van der Waals surface area contributed by atoms with Crippen LogP contribution in [0.5, 0.6) is 0 Å². The third-order valence-corrected chi connectivity index (χ3v) is 9.71. The predicted octanol–water partition coefficient (Wildman–Crippen LogP) is 10.2. The molecule has 6 heteroatoms. The summed E-state index contributed by atoms with van der Waals surface area (Å²) in [5.74, 6) is -0.158. The Morgan fingerprint density at radius 3 is 2.04 bits per heavy atom. The van der Waals surface area contributed by atoms with Crippen LogP contribution in [-0.4, -0.2) is 23.0 Å². The van der Waals surface area contributed by atoms with Crippen LogP contribution in [-0.2, 0) is 20.1 Å². The smallest absolute Gasteiger partial charge is 0.216 e. The van der Waals surface area contributed by atoms with Gasteiger partial charge in [0.15, 0.2) is 0 Å². The van der Waals surface area contributed by atoms with E-state index in [2.05, 4.69) is 61.0 Å². The molecule has 7 rings (SSSR count). The van der Waals surface area contributed by atoms with Crippen LogP contribution in [0, 0.1) is 12.1 Å². The number of hydrogen-bond donors (Lipinski definition) is 0. The molecule has 0 saturated carbocycles. The summed E-state index contributed by atoms with van der Waals surface area (Å²) in [6.45, 7) is 10.8. The first-order chi connectivity index (χ1) is 22.6. The first-order valence-corrected chi connectivity index (χ1v) is 18.9. The molecular weight excluding hydrogens is 771 g/mol. The molecule has 0 fully saturated rings. The molecule has 3 aromatic heterocycles. The molecule has 3 heterocycles. The summed E-state index contributed by atoms with van der Waals surface area (Å²) < 4.78 is 15.1. The summed E-state index contributed by atoms with van der Waals surface area (Å²) in [6.07, 6.45) is 3.77. The number of pyridine rings is 2. The SMILES string of the molecule is [2H]C(C)(C)c1cc(-c2[c-]c3nc(-c4ccccc4)oc3c(-c3ccccc3)c2)ncc1[Si](C)(C)C.[Ir].[c-]1ccccc1-c1ccccn1. The van der Waals surface area contributed by atoms with E-state index in [1.54, 1.807) is 6.20 Å². The van der Waals surface area contributed by atoms with Crippen molar-refractivity contribution in [1.29, 1.82) is 0 Å². The summed E-state index contributed by atoms with van der Waals surface area (Å²) in [5.41, 5.74) is 8.98. The minimum Gasteiger partial charge on any atom is -0.484 e. The van der Waals surface area contributed by atoms with E-state index in [9.17, 15) is 0 Å². The zero-order valence-electron chi connectivity index (χ0n) is 28.2. The molecular formula is C41H37IrN3OSi-2. The van der Waals surface area contributed by atoms with Crippen molar-refractivity contribution < 1.29 is 25.9 Å². The van der Waals surface area contributed by atoms with E-state index in [1.807, 2.05) is 111 Å². The number of hydrogen-bond acceptors (Lipinski definition) is 4. The topological polar surface area (TPSA) is 51.8 Å². The van der Waals surface area contributed by atoms with Gasteiger partial charge in [0.1, 0.15) is 0 Å². The van der Waals surface area contributed by atoms with Crippen LogP contribution in [0.4, 0.5) is 0 Å². The molecule has 0 aliphatic heterocycles. The van der Waals surface area contributed by atoms with Crippen LogP contribution < -0.4 is 5.19 Å². The summed E-state index contributed by atoms with van der Waals surface area (Å²) in [7, 11) is -1.67. The van der Waals surface area contributed by atoms with Gasteiger partial charge in [0.2, 0.25) is 5.89 Å². The molecule has 0 aliphatic carbocycles. The van der Waals surface area contributed by atoms with Crippen molar-refractivity contribution >= 4 is 24.4 Å². The molecule has 0 bridgehead atoms. The number of aromatic nitrogens is 3. The first kappa shape index (κ1) is 32.5. The molecule has 0 spiro atoms. The van der Waals surface area contributed by atoms with E-state index < -0.39 is 14.0 Å². The van der Waals surface area contributed by atoms with Gasteiger partial charge < -0.3 is 14.4 Å². The Labute approximate surface area is 293 Å². The van der Waals surface area contributed by atoms with Crippen molar-refractivity contribution in [3.8, 4) is 45.1 Å². The third-order valence-electron chi connectivity index (χ3n) is 7.70. The summed E-state index contributed by atoms with van der Waals surface area (Å²) >= 11 is 0. The minimum atomic E-state index is -1.67. The third kappa shape index (κ3) is 7.91. The monoisotopic (exact) mass is 809 g/mol. The van der Waals surface area contributed by atoms with Crippen LogP contribution in [0.25, 0.3) is 56.2 Å². The standard InChI is InChI=1S/C30H29N2OSi.C11H8N.Ir/c1-20(2)24-18-26(31-19-28(24)34(3,4)5)23-16-25(21-12-8-6-9-13-21)29-27(17-23)32-30(33-29)22-14-10-7-11-15-22;1-2-6-10(7-3-1)11-8-4-5-9-12-11;/h6-16,18-20H,1-5H3;1-6,8-9H;/q2*-1;/i20D;;. The Kier molecular flexibility index (Phi) is 10.3. The largest absolute Gasteiger partial charge is 0.484 e. The van der Waals surface area contributed by atoms with Crippen molar-refractivity contribution in [3.05, 3.63) is 145 Å². The molecule has 0 unspecified atom stereocenters. The maximum atomic E-state index is 8.82. The van der Waals surface area contributed by atoms with Gasteiger partial charge in [-0.05, 0) is 46.2 Å². The molecule has 4 aromatic carbocycles.